The van der Waals surface area contributed by atoms with E-state index in [0.717, 1.165) is 29.3 Å². The Bertz CT molecular complexity index is 629. The van der Waals surface area contributed by atoms with Crippen LogP contribution in [0.4, 0.5) is 0 Å². The molecule has 0 aliphatic carbocycles. The third-order valence-corrected chi connectivity index (χ3v) is 3.08. The standard InChI is InChI=1S/C16H23N5O2/c1-16(2,3)23-15(22)12-7-4-11(5-8-12)6-9-13-10-14(17)20-21(18)19-13/h4-5,7-8,10,19H,6,9,18H2,1-3H3,(H2,17,20). The van der Waals surface area contributed by atoms with Crippen LogP contribution in [0.15, 0.2) is 41.1 Å². The maximum atomic E-state index is 12.0. The Morgan fingerprint density at radius 1 is 1.26 bits per heavy atom. The van der Waals surface area contributed by atoms with Crippen LogP contribution in [0.3, 0.4) is 0 Å². The minimum absolute atomic E-state index is 0.316. The summed E-state index contributed by atoms with van der Waals surface area (Å²) in [4.78, 5) is 12.0. The van der Waals surface area contributed by atoms with Gasteiger partial charge < -0.3 is 10.5 Å². The highest BCUT2D eigenvalue weighted by molar-refractivity contribution is 5.92. The number of nitrogens with one attached hydrogen (secondary N) is 1. The fraction of sp³-hybridized carbons (Fsp3) is 0.375. The Morgan fingerprint density at radius 2 is 1.91 bits per heavy atom. The van der Waals surface area contributed by atoms with Crippen molar-refractivity contribution >= 4 is 11.8 Å². The van der Waals surface area contributed by atoms with Crippen molar-refractivity contribution < 1.29 is 9.53 Å². The Kier molecular flexibility index (Phi) is 4.90. The molecule has 2 rings (SSSR count). The molecule has 1 aliphatic heterocycles. The molecule has 0 radical (unpaired) electrons. The van der Waals surface area contributed by atoms with Gasteiger partial charge in [-0.05, 0) is 51.3 Å². The fourth-order valence-corrected chi connectivity index (χ4v) is 2.09. The Labute approximate surface area is 135 Å². The van der Waals surface area contributed by atoms with Crippen LogP contribution in [0, 0.1) is 0 Å². The van der Waals surface area contributed by atoms with Gasteiger partial charge in [-0.15, -0.1) is 10.3 Å². The molecule has 0 fully saturated rings. The smallest absolute Gasteiger partial charge is 0.338 e. The van der Waals surface area contributed by atoms with E-state index in [4.69, 9.17) is 16.3 Å². The van der Waals surface area contributed by atoms with Crippen molar-refractivity contribution in [3.63, 3.8) is 0 Å². The van der Waals surface area contributed by atoms with Gasteiger partial charge in [0.25, 0.3) is 0 Å². The van der Waals surface area contributed by atoms with Crippen molar-refractivity contribution in [2.45, 2.75) is 39.2 Å². The highest BCUT2D eigenvalue weighted by Crippen LogP contribution is 2.14. The van der Waals surface area contributed by atoms with E-state index in [0.29, 0.717) is 11.4 Å². The summed E-state index contributed by atoms with van der Waals surface area (Å²) in [6.45, 7) is 5.54. The predicted molar refractivity (Wildman–Crippen MR) is 88.8 cm³/mol. The van der Waals surface area contributed by atoms with Gasteiger partial charge in [0, 0.05) is 11.8 Å². The number of hydrazine groups is 2. The van der Waals surface area contributed by atoms with Crippen LogP contribution >= 0.6 is 0 Å². The summed E-state index contributed by atoms with van der Waals surface area (Å²) in [7, 11) is 0. The van der Waals surface area contributed by atoms with Gasteiger partial charge in [-0.3, -0.25) is 5.43 Å². The molecule has 0 amide bonds. The van der Waals surface area contributed by atoms with Gasteiger partial charge >= 0.3 is 5.97 Å². The van der Waals surface area contributed by atoms with Gasteiger partial charge in [0.15, 0.2) is 0 Å². The van der Waals surface area contributed by atoms with E-state index in [1.54, 1.807) is 18.2 Å². The second-order valence-corrected chi connectivity index (χ2v) is 6.35. The molecule has 1 aromatic rings. The summed E-state index contributed by atoms with van der Waals surface area (Å²) in [5.41, 5.74) is 10.6. The highest BCUT2D eigenvalue weighted by Gasteiger charge is 2.17. The van der Waals surface area contributed by atoms with Crippen LogP contribution < -0.4 is 17.0 Å². The molecule has 5 N–H and O–H groups in total. The number of hydrazone groups is 1. The molecule has 0 saturated heterocycles. The van der Waals surface area contributed by atoms with Crippen molar-refractivity contribution in [3.05, 3.63) is 47.2 Å². The monoisotopic (exact) mass is 317 g/mol. The van der Waals surface area contributed by atoms with Crippen molar-refractivity contribution in [3.8, 4) is 0 Å². The van der Waals surface area contributed by atoms with Gasteiger partial charge in [0.2, 0.25) is 0 Å². The van der Waals surface area contributed by atoms with E-state index in [9.17, 15) is 4.79 Å². The van der Waals surface area contributed by atoms with Crippen LogP contribution in [0.5, 0.6) is 0 Å². The molecule has 0 unspecified atom stereocenters. The number of allylic oxidation sites excluding steroid dienone is 1. The van der Waals surface area contributed by atoms with Crippen molar-refractivity contribution in [1.82, 2.24) is 10.7 Å². The quantitative estimate of drug-likeness (QED) is 0.573. The molecule has 1 aromatic carbocycles. The van der Waals surface area contributed by atoms with Crippen LogP contribution in [-0.2, 0) is 11.2 Å². The van der Waals surface area contributed by atoms with Crippen LogP contribution in [0.1, 0.15) is 43.1 Å². The molecular formula is C16H23N5O2. The molecule has 23 heavy (non-hydrogen) atoms. The molecule has 124 valence electrons. The summed E-state index contributed by atoms with van der Waals surface area (Å²) in [5.74, 6) is 5.60. The molecule has 0 aromatic heterocycles. The highest BCUT2D eigenvalue weighted by atomic mass is 16.6. The first kappa shape index (κ1) is 16.8. The SMILES string of the molecule is CC(C)(C)OC(=O)c1ccc(CCC2=CC(N)=NN(N)N2)cc1. The first-order chi connectivity index (χ1) is 10.7. The van der Waals surface area contributed by atoms with Crippen LogP contribution in [0.2, 0.25) is 0 Å². The molecule has 0 spiro atoms. The molecule has 1 aliphatic rings. The molecule has 0 saturated carbocycles. The van der Waals surface area contributed by atoms with E-state index in [2.05, 4.69) is 10.5 Å². The van der Waals surface area contributed by atoms with Gasteiger partial charge in [-0.1, -0.05) is 12.1 Å². The summed E-state index contributed by atoms with van der Waals surface area (Å²) in [6.07, 6.45) is 3.27. The summed E-state index contributed by atoms with van der Waals surface area (Å²) in [6, 6.07) is 7.38. The maximum Gasteiger partial charge on any atom is 0.338 e. The van der Waals surface area contributed by atoms with Gasteiger partial charge in [-0.25, -0.2) is 10.6 Å². The van der Waals surface area contributed by atoms with Gasteiger partial charge in [0.05, 0.1) is 5.56 Å². The Hall–Kier alpha value is -2.54. The minimum atomic E-state index is -0.496. The maximum absolute atomic E-state index is 12.0. The lowest BCUT2D eigenvalue weighted by molar-refractivity contribution is 0.00695. The number of aryl methyl sites for hydroxylation is 1. The number of benzene rings is 1. The van der Waals surface area contributed by atoms with E-state index >= 15 is 0 Å². The number of rotatable bonds is 4. The van der Waals surface area contributed by atoms with Gasteiger partial charge in [0.1, 0.15) is 11.4 Å². The zero-order valence-corrected chi connectivity index (χ0v) is 13.7. The largest absolute Gasteiger partial charge is 0.456 e. The average molecular weight is 317 g/mol. The molecule has 1 heterocycles. The summed E-state index contributed by atoms with van der Waals surface area (Å²) >= 11 is 0. The van der Waals surface area contributed by atoms with E-state index in [1.807, 2.05) is 32.9 Å². The molecular weight excluding hydrogens is 294 g/mol. The third kappa shape index (κ3) is 5.30. The normalized spacial score (nSPS) is 14.7. The molecule has 7 nitrogen and oxygen atoms in total. The van der Waals surface area contributed by atoms with Crippen molar-refractivity contribution in [2.24, 2.45) is 16.7 Å². The lowest BCUT2D eigenvalue weighted by atomic mass is 10.1. The zero-order valence-electron chi connectivity index (χ0n) is 13.7. The Balaban J connectivity index is 1.93. The lowest BCUT2D eigenvalue weighted by Crippen LogP contribution is -2.43. The van der Waals surface area contributed by atoms with Crippen LogP contribution in [-0.4, -0.2) is 22.6 Å². The third-order valence-electron chi connectivity index (χ3n) is 3.08. The number of carbonyl (C=O) groups excluding carboxylic acids is 1. The topological polar surface area (TPSA) is 106 Å². The number of nitrogens with zero attached hydrogens (tertiary/aromatic N) is 2. The van der Waals surface area contributed by atoms with E-state index < -0.39 is 5.60 Å². The lowest BCUT2D eigenvalue weighted by Gasteiger charge is -2.21. The number of nitrogens with two attached hydrogens (primary N) is 2. The number of ether oxygens (including phenoxy) is 1. The fourth-order valence-electron chi connectivity index (χ4n) is 2.09. The van der Waals surface area contributed by atoms with E-state index in [1.165, 1.54) is 0 Å². The molecule has 0 bridgehead atoms. The number of amidine groups is 1. The summed E-state index contributed by atoms with van der Waals surface area (Å²) in [5, 5.41) is 4.91. The second kappa shape index (κ2) is 6.70. The molecule has 0 atom stereocenters. The first-order valence-electron chi connectivity index (χ1n) is 7.41. The second-order valence-electron chi connectivity index (χ2n) is 6.35. The predicted octanol–water partition coefficient (Wildman–Crippen LogP) is 1.42. The number of hydrogen-bond acceptors (Lipinski definition) is 7. The van der Waals surface area contributed by atoms with Crippen molar-refractivity contribution in [1.29, 1.82) is 0 Å². The molecule has 7 heteroatoms. The summed E-state index contributed by atoms with van der Waals surface area (Å²) < 4.78 is 5.34. The zero-order chi connectivity index (χ0) is 17.0. The van der Waals surface area contributed by atoms with Gasteiger partial charge in [-0.2, -0.15) is 0 Å². The Morgan fingerprint density at radius 3 is 2.48 bits per heavy atom. The average Bonchev–Trinajstić information content (AvgIpc) is 2.43. The van der Waals surface area contributed by atoms with Crippen molar-refractivity contribution in [2.75, 3.05) is 0 Å². The number of esters is 1. The number of carbonyl (C=O) groups is 1. The number of hydrogen-bond donors (Lipinski definition) is 3. The minimum Gasteiger partial charge on any atom is -0.456 e. The van der Waals surface area contributed by atoms with Crippen LogP contribution in [0.25, 0.3) is 0 Å². The van der Waals surface area contributed by atoms with E-state index in [-0.39, 0.29) is 5.97 Å². The first-order valence-corrected chi connectivity index (χ1v) is 7.41.